The van der Waals surface area contributed by atoms with Crippen LogP contribution in [0.15, 0.2) is 23.8 Å². The van der Waals surface area contributed by atoms with Crippen LogP contribution < -0.4 is 5.32 Å². The fourth-order valence-electron chi connectivity index (χ4n) is 1.52. The highest BCUT2D eigenvalue weighted by molar-refractivity contribution is 5.07. The number of hydrogen-bond acceptors (Lipinski definition) is 1. The Morgan fingerprint density at radius 3 is 3.08 bits per heavy atom. The van der Waals surface area contributed by atoms with Gasteiger partial charge in [-0.3, -0.25) is 0 Å². The van der Waals surface area contributed by atoms with E-state index >= 15 is 0 Å². The lowest BCUT2D eigenvalue weighted by Crippen LogP contribution is -2.17. The third-order valence-corrected chi connectivity index (χ3v) is 2.18. The zero-order valence-corrected chi connectivity index (χ0v) is 8.03. The molecule has 0 atom stereocenters. The van der Waals surface area contributed by atoms with Gasteiger partial charge < -0.3 is 5.32 Å². The minimum atomic E-state index is 0.966. The van der Waals surface area contributed by atoms with Crippen molar-refractivity contribution in [2.24, 2.45) is 0 Å². The zero-order chi connectivity index (χ0) is 8.81. The van der Waals surface area contributed by atoms with E-state index < -0.39 is 0 Å². The van der Waals surface area contributed by atoms with Crippen molar-refractivity contribution in [2.45, 2.75) is 32.6 Å². The highest BCUT2D eigenvalue weighted by atomic mass is 14.8. The average molecular weight is 165 g/mol. The second-order valence-electron chi connectivity index (χ2n) is 3.64. The Hall–Kier alpha value is -0.560. The molecular formula is C11H19N. The molecule has 0 aromatic rings. The number of hydrogen-bond donors (Lipinski definition) is 1. The highest BCUT2D eigenvalue weighted by Crippen LogP contribution is 2.19. The fourth-order valence-corrected chi connectivity index (χ4v) is 1.52. The van der Waals surface area contributed by atoms with Crippen LogP contribution in [0.4, 0.5) is 0 Å². The van der Waals surface area contributed by atoms with Gasteiger partial charge in [-0.15, -0.1) is 0 Å². The fraction of sp³-hybridized carbons (Fsp3) is 0.636. The predicted octanol–water partition coefficient (Wildman–Crippen LogP) is 2.65. The second kappa shape index (κ2) is 5.15. The molecule has 0 radical (unpaired) electrons. The van der Waals surface area contributed by atoms with Crippen LogP contribution in [0.3, 0.4) is 0 Å². The highest BCUT2D eigenvalue weighted by Gasteiger charge is 2.02. The molecule has 1 N–H and O–H groups in total. The van der Waals surface area contributed by atoms with Gasteiger partial charge in [0, 0.05) is 6.54 Å². The van der Waals surface area contributed by atoms with Crippen molar-refractivity contribution in [3.63, 3.8) is 0 Å². The van der Waals surface area contributed by atoms with Gasteiger partial charge in [-0.05, 0) is 39.2 Å². The van der Waals surface area contributed by atoms with Gasteiger partial charge in [0.25, 0.3) is 0 Å². The third kappa shape index (κ3) is 3.72. The maximum atomic E-state index is 3.85. The van der Waals surface area contributed by atoms with Crippen LogP contribution in [0.5, 0.6) is 0 Å². The summed E-state index contributed by atoms with van der Waals surface area (Å²) in [6.45, 7) is 7.98. The normalized spacial score (nSPS) is 16.2. The number of allylic oxidation sites excluding steroid dienone is 1. The average Bonchev–Trinajstić information content (AvgIpc) is 2.49. The lowest BCUT2D eigenvalue weighted by molar-refractivity contribution is 0.713. The van der Waals surface area contributed by atoms with E-state index in [4.69, 9.17) is 0 Å². The zero-order valence-electron chi connectivity index (χ0n) is 8.03. The molecule has 1 aliphatic carbocycles. The summed E-state index contributed by atoms with van der Waals surface area (Å²) < 4.78 is 0. The van der Waals surface area contributed by atoms with E-state index in [0.29, 0.717) is 0 Å². The molecule has 0 saturated heterocycles. The molecule has 0 heterocycles. The summed E-state index contributed by atoms with van der Waals surface area (Å²) >= 11 is 0. The molecular weight excluding hydrogens is 146 g/mol. The smallest absolute Gasteiger partial charge is 0.0159 e. The minimum Gasteiger partial charge on any atom is -0.313 e. The Morgan fingerprint density at radius 1 is 1.67 bits per heavy atom. The van der Waals surface area contributed by atoms with Gasteiger partial charge in [0.2, 0.25) is 0 Å². The summed E-state index contributed by atoms with van der Waals surface area (Å²) in [5.74, 6) is 0. The van der Waals surface area contributed by atoms with E-state index in [1.54, 1.807) is 5.57 Å². The SMILES string of the molecule is C=C(C)CNCCC1=CCCC1. The molecule has 1 nitrogen and oxygen atoms in total. The van der Waals surface area contributed by atoms with Crippen LogP contribution in [0, 0.1) is 0 Å². The Kier molecular flexibility index (Phi) is 4.09. The third-order valence-electron chi connectivity index (χ3n) is 2.18. The summed E-state index contributed by atoms with van der Waals surface area (Å²) in [7, 11) is 0. The first-order chi connectivity index (χ1) is 5.79. The Morgan fingerprint density at radius 2 is 2.50 bits per heavy atom. The van der Waals surface area contributed by atoms with Crippen molar-refractivity contribution < 1.29 is 0 Å². The molecule has 0 unspecified atom stereocenters. The molecule has 1 heteroatoms. The Balaban J connectivity index is 1.98. The monoisotopic (exact) mass is 165 g/mol. The predicted molar refractivity (Wildman–Crippen MR) is 54.2 cm³/mol. The summed E-state index contributed by atoms with van der Waals surface area (Å²) in [4.78, 5) is 0. The van der Waals surface area contributed by atoms with E-state index in [1.165, 1.54) is 31.3 Å². The Bertz CT molecular complexity index is 179. The van der Waals surface area contributed by atoms with E-state index in [2.05, 4.69) is 24.9 Å². The summed E-state index contributed by atoms with van der Waals surface area (Å²) in [6, 6.07) is 0. The molecule has 12 heavy (non-hydrogen) atoms. The van der Waals surface area contributed by atoms with Gasteiger partial charge in [-0.25, -0.2) is 0 Å². The van der Waals surface area contributed by atoms with Gasteiger partial charge in [-0.2, -0.15) is 0 Å². The largest absolute Gasteiger partial charge is 0.313 e. The van der Waals surface area contributed by atoms with Gasteiger partial charge in [0.1, 0.15) is 0 Å². The van der Waals surface area contributed by atoms with Gasteiger partial charge in [0.15, 0.2) is 0 Å². The molecule has 1 rings (SSSR count). The second-order valence-corrected chi connectivity index (χ2v) is 3.64. The summed E-state index contributed by atoms with van der Waals surface area (Å²) in [5, 5.41) is 3.37. The molecule has 0 aliphatic heterocycles. The van der Waals surface area contributed by atoms with Gasteiger partial charge in [0.05, 0.1) is 0 Å². The first kappa shape index (κ1) is 9.53. The summed E-state index contributed by atoms with van der Waals surface area (Å²) in [6.07, 6.45) is 7.62. The topological polar surface area (TPSA) is 12.0 Å². The van der Waals surface area contributed by atoms with E-state index in [0.717, 1.165) is 13.1 Å². The lowest BCUT2D eigenvalue weighted by atomic mass is 10.2. The molecule has 0 bridgehead atoms. The van der Waals surface area contributed by atoms with Crippen molar-refractivity contribution in [1.82, 2.24) is 5.32 Å². The number of rotatable bonds is 5. The van der Waals surface area contributed by atoms with Crippen molar-refractivity contribution in [3.05, 3.63) is 23.8 Å². The van der Waals surface area contributed by atoms with Crippen LogP contribution in [0.1, 0.15) is 32.6 Å². The quantitative estimate of drug-likeness (QED) is 0.488. The van der Waals surface area contributed by atoms with Gasteiger partial charge >= 0.3 is 0 Å². The molecule has 1 aliphatic rings. The van der Waals surface area contributed by atoms with Crippen LogP contribution in [0.25, 0.3) is 0 Å². The minimum absolute atomic E-state index is 0.966. The molecule has 0 saturated carbocycles. The molecule has 68 valence electrons. The molecule has 0 fully saturated rings. The van der Waals surface area contributed by atoms with Crippen molar-refractivity contribution in [2.75, 3.05) is 13.1 Å². The van der Waals surface area contributed by atoms with Crippen molar-refractivity contribution in [3.8, 4) is 0 Å². The maximum Gasteiger partial charge on any atom is 0.0159 e. The Labute approximate surface area is 75.6 Å². The number of nitrogens with one attached hydrogen (secondary N) is 1. The van der Waals surface area contributed by atoms with E-state index in [1.807, 2.05) is 0 Å². The van der Waals surface area contributed by atoms with Crippen LogP contribution >= 0.6 is 0 Å². The first-order valence-corrected chi connectivity index (χ1v) is 4.82. The first-order valence-electron chi connectivity index (χ1n) is 4.82. The van der Waals surface area contributed by atoms with Crippen LogP contribution in [-0.4, -0.2) is 13.1 Å². The molecule has 0 amide bonds. The maximum absolute atomic E-state index is 3.85. The van der Waals surface area contributed by atoms with Gasteiger partial charge in [-0.1, -0.05) is 23.8 Å². The molecule has 0 spiro atoms. The van der Waals surface area contributed by atoms with Crippen LogP contribution in [0.2, 0.25) is 0 Å². The molecule has 0 aromatic heterocycles. The van der Waals surface area contributed by atoms with E-state index in [9.17, 15) is 0 Å². The van der Waals surface area contributed by atoms with Crippen molar-refractivity contribution in [1.29, 1.82) is 0 Å². The van der Waals surface area contributed by atoms with Crippen LogP contribution in [-0.2, 0) is 0 Å². The summed E-state index contributed by atoms with van der Waals surface area (Å²) in [5.41, 5.74) is 2.86. The van der Waals surface area contributed by atoms with Crippen molar-refractivity contribution >= 4 is 0 Å². The van der Waals surface area contributed by atoms with E-state index in [-0.39, 0.29) is 0 Å². The molecule has 0 aromatic carbocycles. The lowest BCUT2D eigenvalue weighted by Gasteiger charge is -2.04. The standard InChI is InChI=1S/C11H19N/c1-10(2)9-12-8-7-11-5-3-4-6-11/h5,12H,1,3-4,6-9H2,2H3.